The number of benzene rings is 1. The highest BCUT2D eigenvalue weighted by molar-refractivity contribution is 6.10. The molecule has 0 radical (unpaired) electrons. The Kier molecular flexibility index (Phi) is 3.33. The molecule has 3 N–H and O–H groups in total. The standard InChI is InChI=1S/C13H17N5O/c1-13(2,3)8-4-6-9(7-5-8)15-16-10-11(14)17-18-12(10)19/h4-7,10H,1-3H3,(H2,14,17)(H,18,19)/t10-/m1/s1. The predicted molar refractivity (Wildman–Crippen MR) is 73.2 cm³/mol. The third kappa shape index (κ3) is 2.96. The molecule has 19 heavy (non-hydrogen) atoms. The first-order valence-corrected chi connectivity index (χ1v) is 6.02. The molecule has 1 aliphatic heterocycles. The summed E-state index contributed by atoms with van der Waals surface area (Å²) in [4.78, 5) is 11.3. The van der Waals surface area contributed by atoms with Gasteiger partial charge in [0.05, 0.1) is 5.69 Å². The van der Waals surface area contributed by atoms with Crippen molar-refractivity contribution in [2.45, 2.75) is 32.2 Å². The molecule has 1 aromatic rings. The van der Waals surface area contributed by atoms with Crippen LogP contribution in [0.2, 0.25) is 0 Å². The molecule has 1 aromatic carbocycles. The lowest BCUT2D eigenvalue weighted by atomic mass is 9.87. The molecule has 0 saturated carbocycles. The summed E-state index contributed by atoms with van der Waals surface area (Å²) in [5, 5.41) is 11.5. The van der Waals surface area contributed by atoms with Gasteiger partial charge < -0.3 is 5.73 Å². The van der Waals surface area contributed by atoms with Crippen LogP contribution >= 0.6 is 0 Å². The maximum Gasteiger partial charge on any atom is 0.274 e. The number of rotatable bonds is 2. The number of hydrogen-bond acceptors (Lipinski definition) is 5. The van der Waals surface area contributed by atoms with Crippen molar-refractivity contribution in [1.82, 2.24) is 5.43 Å². The van der Waals surface area contributed by atoms with Crippen molar-refractivity contribution in [2.75, 3.05) is 0 Å². The van der Waals surface area contributed by atoms with Gasteiger partial charge in [-0.3, -0.25) is 4.79 Å². The Morgan fingerprint density at radius 3 is 2.37 bits per heavy atom. The molecule has 1 heterocycles. The molecule has 0 unspecified atom stereocenters. The Bertz CT molecular complexity index is 539. The number of nitrogens with one attached hydrogen (secondary N) is 1. The lowest BCUT2D eigenvalue weighted by Crippen LogP contribution is -2.31. The van der Waals surface area contributed by atoms with Crippen molar-refractivity contribution >= 4 is 17.4 Å². The second kappa shape index (κ2) is 4.79. The van der Waals surface area contributed by atoms with E-state index >= 15 is 0 Å². The van der Waals surface area contributed by atoms with Crippen molar-refractivity contribution in [3.63, 3.8) is 0 Å². The molecular formula is C13H17N5O. The van der Waals surface area contributed by atoms with Gasteiger partial charge in [0.15, 0.2) is 5.84 Å². The smallest absolute Gasteiger partial charge is 0.274 e. The minimum atomic E-state index is -0.817. The number of hydrogen-bond donors (Lipinski definition) is 2. The fourth-order valence-electron chi connectivity index (χ4n) is 1.64. The van der Waals surface area contributed by atoms with Crippen LogP contribution in [0.15, 0.2) is 39.6 Å². The van der Waals surface area contributed by atoms with Gasteiger partial charge in [-0.1, -0.05) is 32.9 Å². The molecule has 0 spiro atoms. The summed E-state index contributed by atoms with van der Waals surface area (Å²) in [6.45, 7) is 6.43. The van der Waals surface area contributed by atoms with Crippen LogP contribution in [-0.2, 0) is 10.2 Å². The topological polar surface area (TPSA) is 92.2 Å². The van der Waals surface area contributed by atoms with Gasteiger partial charge in [0.1, 0.15) is 0 Å². The lowest BCUT2D eigenvalue weighted by Gasteiger charge is -2.18. The zero-order valence-corrected chi connectivity index (χ0v) is 11.2. The lowest BCUT2D eigenvalue weighted by molar-refractivity contribution is -0.120. The van der Waals surface area contributed by atoms with Crippen molar-refractivity contribution in [1.29, 1.82) is 0 Å². The number of amidine groups is 1. The van der Waals surface area contributed by atoms with E-state index in [1.54, 1.807) is 0 Å². The minimum Gasteiger partial charge on any atom is -0.383 e. The molecule has 0 saturated heterocycles. The van der Waals surface area contributed by atoms with Crippen LogP contribution in [0.1, 0.15) is 26.3 Å². The third-order valence-electron chi connectivity index (χ3n) is 2.85. The van der Waals surface area contributed by atoms with Crippen LogP contribution < -0.4 is 11.2 Å². The first-order chi connectivity index (χ1) is 8.88. The Morgan fingerprint density at radius 1 is 1.26 bits per heavy atom. The van der Waals surface area contributed by atoms with Crippen molar-refractivity contribution in [3.05, 3.63) is 29.8 Å². The largest absolute Gasteiger partial charge is 0.383 e. The molecule has 6 heteroatoms. The summed E-state index contributed by atoms with van der Waals surface area (Å²) in [6.07, 6.45) is 0. The molecule has 6 nitrogen and oxygen atoms in total. The maximum atomic E-state index is 11.3. The fourth-order valence-corrected chi connectivity index (χ4v) is 1.64. The highest BCUT2D eigenvalue weighted by Gasteiger charge is 2.27. The van der Waals surface area contributed by atoms with Crippen molar-refractivity contribution < 1.29 is 4.79 Å². The summed E-state index contributed by atoms with van der Waals surface area (Å²) in [7, 11) is 0. The highest BCUT2D eigenvalue weighted by Crippen LogP contribution is 2.24. The summed E-state index contributed by atoms with van der Waals surface area (Å²) in [5.74, 6) is -0.215. The van der Waals surface area contributed by atoms with Gasteiger partial charge in [-0.05, 0) is 23.1 Å². The van der Waals surface area contributed by atoms with Crippen LogP contribution in [-0.4, -0.2) is 17.8 Å². The number of carbonyl (C=O) groups is 1. The normalized spacial score (nSPS) is 19.6. The predicted octanol–water partition coefficient (Wildman–Crippen LogP) is 1.84. The van der Waals surface area contributed by atoms with Gasteiger partial charge in [-0.25, -0.2) is 5.43 Å². The first-order valence-electron chi connectivity index (χ1n) is 6.02. The van der Waals surface area contributed by atoms with Gasteiger partial charge in [0.25, 0.3) is 5.91 Å². The van der Waals surface area contributed by atoms with Crippen LogP contribution in [0, 0.1) is 0 Å². The average Bonchev–Trinajstić information content (AvgIpc) is 2.66. The van der Waals surface area contributed by atoms with E-state index in [-0.39, 0.29) is 17.2 Å². The second-order valence-electron chi connectivity index (χ2n) is 5.43. The van der Waals surface area contributed by atoms with E-state index in [1.807, 2.05) is 24.3 Å². The van der Waals surface area contributed by atoms with Gasteiger partial charge in [0.2, 0.25) is 6.04 Å². The number of nitrogens with zero attached hydrogens (tertiary/aromatic N) is 3. The van der Waals surface area contributed by atoms with Gasteiger partial charge in [-0.15, -0.1) is 0 Å². The second-order valence-corrected chi connectivity index (χ2v) is 5.43. The first kappa shape index (κ1) is 13.2. The Hall–Kier alpha value is -2.24. The highest BCUT2D eigenvalue weighted by atomic mass is 16.2. The van der Waals surface area contributed by atoms with E-state index in [9.17, 15) is 4.79 Å². The monoisotopic (exact) mass is 259 g/mol. The molecule has 0 aromatic heterocycles. The number of hydrazone groups is 1. The number of nitrogens with two attached hydrogens (primary N) is 1. The molecule has 0 aliphatic carbocycles. The molecule has 1 amide bonds. The zero-order valence-electron chi connectivity index (χ0n) is 11.2. The summed E-state index contributed by atoms with van der Waals surface area (Å²) < 4.78 is 0. The number of carbonyl (C=O) groups excluding carboxylic acids is 1. The van der Waals surface area contributed by atoms with E-state index in [4.69, 9.17) is 5.73 Å². The number of amides is 1. The summed E-state index contributed by atoms with van der Waals surface area (Å²) >= 11 is 0. The fraction of sp³-hybridized carbons (Fsp3) is 0.385. The summed E-state index contributed by atoms with van der Waals surface area (Å²) in [6, 6.07) is 6.91. The minimum absolute atomic E-state index is 0.0953. The van der Waals surface area contributed by atoms with E-state index in [0.717, 1.165) is 0 Å². The van der Waals surface area contributed by atoms with E-state index in [0.29, 0.717) is 5.69 Å². The molecule has 0 bridgehead atoms. The maximum absolute atomic E-state index is 11.3. The van der Waals surface area contributed by atoms with E-state index < -0.39 is 6.04 Å². The summed E-state index contributed by atoms with van der Waals surface area (Å²) in [5.41, 5.74) is 9.77. The molecule has 1 atom stereocenters. The van der Waals surface area contributed by atoms with Crippen molar-refractivity contribution in [3.8, 4) is 0 Å². The Balaban J connectivity index is 2.12. The molecule has 1 aliphatic rings. The average molecular weight is 259 g/mol. The quantitative estimate of drug-likeness (QED) is 0.793. The van der Waals surface area contributed by atoms with Gasteiger partial charge in [-0.2, -0.15) is 15.3 Å². The van der Waals surface area contributed by atoms with Crippen LogP contribution in [0.4, 0.5) is 5.69 Å². The molecule has 0 fully saturated rings. The van der Waals surface area contributed by atoms with Crippen LogP contribution in [0.25, 0.3) is 0 Å². The van der Waals surface area contributed by atoms with Crippen molar-refractivity contribution in [2.24, 2.45) is 21.1 Å². The van der Waals surface area contributed by atoms with Gasteiger partial charge in [0, 0.05) is 0 Å². The molecule has 100 valence electrons. The van der Waals surface area contributed by atoms with Crippen LogP contribution in [0.3, 0.4) is 0 Å². The third-order valence-corrected chi connectivity index (χ3v) is 2.85. The van der Waals surface area contributed by atoms with Gasteiger partial charge >= 0.3 is 0 Å². The van der Waals surface area contributed by atoms with E-state index in [2.05, 4.69) is 41.5 Å². The Morgan fingerprint density at radius 2 is 1.89 bits per heavy atom. The van der Waals surface area contributed by atoms with Crippen LogP contribution in [0.5, 0.6) is 0 Å². The van der Waals surface area contributed by atoms with E-state index in [1.165, 1.54) is 5.56 Å². The Labute approximate surface area is 111 Å². The SMILES string of the molecule is CC(C)(C)c1ccc(N=N[C@H]2C(=O)NN=C2N)cc1. The molecule has 2 rings (SSSR count). The zero-order chi connectivity index (χ0) is 14.0. The number of azo groups is 1. The molecular weight excluding hydrogens is 242 g/mol.